The molecule has 0 bridgehead atoms. The molecule has 0 spiro atoms. The Kier molecular flexibility index (Phi) is 10.5. The van der Waals surface area contributed by atoms with Crippen molar-refractivity contribution in [2.45, 2.75) is 71.1 Å². The van der Waals surface area contributed by atoms with Gasteiger partial charge in [-0.1, -0.05) is 58.3 Å². The molecule has 0 aromatic carbocycles. The molecule has 1 aromatic rings. The predicted octanol–water partition coefficient (Wildman–Crippen LogP) is 5.55. The van der Waals surface area contributed by atoms with Crippen molar-refractivity contribution in [2.75, 3.05) is 5.32 Å². The van der Waals surface area contributed by atoms with E-state index < -0.39 is 0 Å². The molecule has 3 nitrogen and oxygen atoms in total. The topological polar surface area (TPSA) is 42.0 Å². The minimum atomic E-state index is 0.0756. The number of amides is 1. The van der Waals surface area contributed by atoms with Crippen LogP contribution in [0.2, 0.25) is 0 Å². The number of anilines is 1. The van der Waals surface area contributed by atoms with Crippen LogP contribution in [-0.2, 0) is 4.79 Å². The van der Waals surface area contributed by atoms with E-state index in [2.05, 4.69) is 39.8 Å². The molecule has 1 rings (SSSR count). The van der Waals surface area contributed by atoms with Crippen molar-refractivity contribution in [3.63, 3.8) is 0 Å². The van der Waals surface area contributed by atoms with Gasteiger partial charge in [0.05, 0.1) is 0 Å². The molecule has 0 aliphatic heterocycles. The molecule has 0 aliphatic carbocycles. The van der Waals surface area contributed by atoms with E-state index in [1.54, 1.807) is 6.20 Å². The van der Waals surface area contributed by atoms with Gasteiger partial charge in [0.15, 0.2) is 0 Å². The highest BCUT2D eigenvalue weighted by Crippen LogP contribution is 2.11. The molecule has 0 atom stereocenters. The van der Waals surface area contributed by atoms with Crippen LogP contribution in [0.1, 0.15) is 71.1 Å². The molecular weight excluding hydrogens is 375 g/mol. The van der Waals surface area contributed by atoms with Gasteiger partial charge in [-0.15, -0.1) is 0 Å². The van der Waals surface area contributed by atoms with Crippen LogP contribution in [0.3, 0.4) is 0 Å². The van der Waals surface area contributed by atoms with Gasteiger partial charge in [0.25, 0.3) is 0 Å². The number of carbonyl (C=O) groups excluding carboxylic acids is 1. The average Bonchev–Trinajstić information content (AvgIpc) is 2.48. The van der Waals surface area contributed by atoms with Gasteiger partial charge in [0, 0.05) is 16.2 Å². The first-order chi connectivity index (χ1) is 10.2. The molecule has 0 radical (unpaired) electrons. The lowest BCUT2D eigenvalue weighted by molar-refractivity contribution is -0.116. The van der Waals surface area contributed by atoms with Gasteiger partial charge >= 0.3 is 0 Å². The van der Waals surface area contributed by atoms with Crippen molar-refractivity contribution in [3.8, 4) is 0 Å². The smallest absolute Gasteiger partial charge is 0.225 e. The van der Waals surface area contributed by atoms with Gasteiger partial charge in [-0.25, -0.2) is 4.98 Å². The van der Waals surface area contributed by atoms with Gasteiger partial charge in [0.2, 0.25) is 5.91 Å². The number of carbonyl (C=O) groups is 1. The Balaban J connectivity index is 1.97. The number of halogens is 1. The number of unbranched alkanes of at least 4 members (excludes halogenated alkanes) is 8. The van der Waals surface area contributed by atoms with Crippen LogP contribution < -0.4 is 5.32 Å². The van der Waals surface area contributed by atoms with E-state index >= 15 is 0 Å². The molecular formula is C17H27IN2O. The minimum absolute atomic E-state index is 0.0756. The highest BCUT2D eigenvalue weighted by molar-refractivity contribution is 14.1. The minimum Gasteiger partial charge on any atom is -0.311 e. The van der Waals surface area contributed by atoms with E-state index in [1.807, 2.05) is 12.1 Å². The van der Waals surface area contributed by atoms with Crippen LogP contribution in [0.4, 0.5) is 5.82 Å². The molecule has 1 N–H and O–H groups in total. The van der Waals surface area contributed by atoms with Crippen molar-refractivity contribution in [3.05, 3.63) is 21.9 Å². The summed E-state index contributed by atoms with van der Waals surface area (Å²) in [5.74, 6) is 0.725. The molecule has 0 saturated heterocycles. The van der Waals surface area contributed by atoms with Crippen molar-refractivity contribution in [2.24, 2.45) is 0 Å². The number of nitrogens with one attached hydrogen (secondary N) is 1. The SMILES string of the molecule is CCCCCCCCCCCC(=O)Nc1ccc(I)cn1. The van der Waals surface area contributed by atoms with Gasteiger partial charge in [-0.05, 0) is 41.1 Å². The van der Waals surface area contributed by atoms with Gasteiger partial charge < -0.3 is 5.32 Å². The van der Waals surface area contributed by atoms with E-state index in [1.165, 1.54) is 44.9 Å². The Labute approximate surface area is 142 Å². The molecule has 118 valence electrons. The standard InChI is InChI=1S/C17H27IN2O/c1-2-3-4-5-6-7-8-9-10-11-17(21)20-16-13-12-15(18)14-19-16/h12-14H,2-11H2,1H3,(H,19,20,21). The third-order valence-electron chi connectivity index (χ3n) is 3.50. The van der Waals surface area contributed by atoms with Crippen LogP contribution in [0.5, 0.6) is 0 Å². The molecule has 21 heavy (non-hydrogen) atoms. The maximum absolute atomic E-state index is 11.8. The van der Waals surface area contributed by atoms with Gasteiger partial charge in [-0.3, -0.25) is 4.79 Å². The quantitative estimate of drug-likeness (QED) is 0.390. The van der Waals surface area contributed by atoms with Gasteiger partial charge in [-0.2, -0.15) is 0 Å². The second-order valence-electron chi connectivity index (χ2n) is 5.49. The summed E-state index contributed by atoms with van der Waals surface area (Å²) in [6.45, 7) is 2.25. The van der Waals surface area contributed by atoms with Crippen LogP contribution in [0.25, 0.3) is 0 Å². The van der Waals surface area contributed by atoms with Crippen molar-refractivity contribution >= 4 is 34.3 Å². The fraction of sp³-hybridized carbons (Fsp3) is 0.647. The lowest BCUT2D eigenvalue weighted by Crippen LogP contribution is -2.12. The monoisotopic (exact) mass is 402 g/mol. The average molecular weight is 402 g/mol. The zero-order valence-electron chi connectivity index (χ0n) is 13.0. The Hall–Kier alpha value is -0.650. The number of nitrogens with zero attached hydrogens (tertiary/aromatic N) is 1. The first-order valence-corrected chi connectivity index (χ1v) is 9.21. The lowest BCUT2D eigenvalue weighted by Gasteiger charge is -2.04. The van der Waals surface area contributed by atoms with E-state index in [0.717, 1.165) is 16.4 Å². The summed E-state index contributed by atoms with van der Waals surface area (Å²) < 4.78 is 1.07. The maximum Gasteiger partial charge on any atom is 0.225 e. The predicted molar refractivity (Wildman–Crippen MR) is 97.4 cm³/mol. The zero-order chi connectivity index (χ0) is 15.3. The summed E-state index contributed by atoms with van der Waals surface area (Å²) >= 11 is 2.20. The number of aromatic nitrogens is 1. The Bertz CT molecular complexity index is 392. The zero-order valence-corrected chi connectivity index (χ0v) is 15.2. The summed E-state index contributed by atoms with van der Waals surface area (Å²) in [6, 6.07) is 3.79. The Morgan fingerprint density at radius 3 is 2.24 bits per heavy atom. The molecule has 1 aromatic heterocycles. The van der Waals surface area contributed by atoms with E-state index in [4.69, 9.17) is 0 Å². The first-order valence-electron chi connectivity index (χ1n) is 8.13. The van der Waals surface area contributed by atoms with Crippen LogP contribution in [0, 0.1) is 3.57 Å². The molecule has 0 aliphatic rings. The van der Waals surface area contributed by atoms with Gasteiger partial charge in [0.1, 0.15) is 5.82 Å². The number of rotatable bonds is 11. The molecule has 0 saturated carbocycles. The van der Waals surface area contributed by atoms with Crippen LogP contribution >= 0.6 is 22.6 Å². The highest BCUT2D eigenvalue weighted by atomic mass is 127. The maximum atomic E-state index is 11.8. The normalized spacial score (nSPS) is 10.6. The molecule has 0 fully saturated rings. The second kappa shape index (κ2) is 12.0. The number of hydrogen-bond donors (Lipinski definition) is 1. The molecule has 1 amide bonds. The van der Waals surface area contributed by atoms with Crippen molar-refractivity contribution < 1.29 is 4.79 Å². The first kappa shape index (κ1) is 18.4. The molecule has 4 heteroatoms. The Morgan fingerprint density at radius 1 is 1.05 bits per heavy atom. The summed E-state index contributed by atoms with van der Waals surface area (Å²) in [7, 11) is 0. The fourth-order valence-corrected chi connectivity index (χ4v) is 2.57. The van der Waals surface area contributed by atoms with Crippen LogP contribution in [0.15, 0.2) is 18.3 Å². The number of hydrogen-bond acceptors (Lipinski definition) is 2. The molecule has 0 unspecified atom stereocenters. The fourth-order valence-electron chi connectivity index (χ4n) is 2.25. The Morgan fingerprint density at radius 2 is 1.67 bits per heavy atom. The summed E-state index contributed by atoms with van der Waals surface area (Å²) in [4.78, 5) is 15.9. The number of pyridine rings is 1. The second-order valence-corrected chi connectivity index (χ2v) is 6.73. The third-order valence-corrected chi connectivity index (χ3v) is 4.14. The van der Waals surface area contributed by atoms with E-state index in [9.17, 15) is 4.79 Å². The lowest BCUT2D eigenvalue weighted by atomic mass is 10.1. The summed E-state index contributed by atoms with van der Waals surface area (Å²) in [5.41, 5.74) is 0. The van der Waals surface area contributed by atoms with Crippen molar-refractivity contribution in [1.82, 2.24) is 4.98 Å². The van der Waals surface area contributed by atoms with Crippen molar-refractivity contribution in [1.29, 1.82) is 0 Å². The molecule has 1 heterocycles. The summed E-state index contributed by atoms with van der Waals surface area (Å²) in [5, 5.41) is 2.84. The van der Waals surface area contributed by atoms with E-state index in [0.29, 0.717) is 12.2 Å². The highest BCUT2D eigenvalue weighted by Gasteiger charge is 2.03. The van der Waals surface area contributed by atoms with E-state index in [-0.39, 0.29) is 5.91 Å². The third kappa shape index (κ3) is 9.82. The summed E-state index contributed by atoms with van der Waals surface area (Å²) in [6.07, 6.45) is 13.8. The van der Waals surface area contributed by atoms with Crippen LogP contribution in [-0.4, -0.2) is 10.9 Å². The largest absolute Gasteiger partial charge is 0.311 e.